The number of nitrogens with zero attached hydrogens (tertiary/aromatic N) is 1. The molecule has 0 aliphatic heterocycles. The van der Waals surface area contributed by atoms with Gasteiger partial charge < -0.3 is 5.32 Å². The van der Waals surface area contributed by atoms with Gasteiger partial charge in [0.1, 0.15) is 5.38 Å². The summed E-state index contributed by atoms with van der Waals surface area (Å²) in [6.07, 6.45) is 0. The van der Waals surface area contributed by atoms with E-state index < -0.39 is 5.38 Å². The summed E-state index contributed by atoms with van der Waals surface area (Å²) in [5, 5.41) is 3.15. The lowest BCUT2D eigenvalue weighted by Crippen LogP contribution is -2.17. The van der Waals surface area contributed by atoms with Crippen molar-refractivity contribution >= 4 is 44.7 Å². The van der Waals surface area contributed by atoms with E-state index in [0.29, 0.717) is 0 Å². The molecule has 0 aliphatic carbocycles. The molecule has 0 fully saturated rings. The first kappa shape index (κ1) is 14.0. The standard InChI is InChI=1S/C16H13ClN2OS/c1-10-18-13-8-7-12(9-14(13)21-10)19-16(20)15(17)11-5-3-2-4-6-11/h2-9,15H,1H3,(H,19,20). The Hall–Kier alpha value is -1.91. The maximum absolute atomic E-state index is 12.2. The van der Waals surface area contributed by atoms with Crippen molar-refractivity contribution in [3.05, 3.63) is 59.1 Å². The molecule has 1 heterocycles. The highest BCUT2D eigenvalue weighted by Crippen LogP contribution is 2.26. The molecular weight excluding hydrogens is 304 g/mol. The van der Waals surface area contributed by atoms with Crippen LogP contribution in [0.3, 0.4) is 0 Å². The van der Waals surface area contributed by atoms with Crippen LogP contribution in [0.1, 0.15) is 15.9 Å². The predicted octanol–water partition coefficient (Wildman–Crippen LogP) is 4.52. The van der Waals surface area contributed by atoms with Gasteiger partial charge in [-0.25, -0.2) is 4.98 Å². The number of aryl methyl sites for hydroxylation is 1. The van der Waals surface area contributed by atoms with Gasteiger partial charge in [-0.05, 0) is 30.7 Å². The largest absolute Gasteiger partial charge is 0.324 e. The third kappa shape index (κ3) is 3.06. The van der Waals surface area contributed by atoms with Crippen molar-refractivity contribution in [2.24, 2.45) is 0 Å². The second-order valence-electron chi connectivity index (χ2n) is 4.68. The molecule has 1 unspecified atom stereocenters. The Labute approximate surface area is 131 Å². The molecule has 2 aromatic carbocycles. The monoisotopic (exact) mass is 316 g/mol. The van der Waals surface area contributed by atoms with Gasteiger partial charge in [-0.15, -0.1) is 22.9 Å². The number of thiazole rings is 1. The minimum atomic E-state index is -0.704. The van der Waals surface area contributed by atoms with Crippen LogP contribution in [-0.2, 0) is 4.79 Å². The van der Waals surface area contributed by atoms with Crippen molar-refractivity contribution in [3.8, 4) is 0 Å². The fourth-order valence-corrected chi connectivity index (χ4v) is 3.16. The number of hydrogen-bond acceptors (Lipinski definition) is 3. The third-order valence-corrected chi connectivity index (χ3v) is 4.47. The van der Waals surface area contributed by atoms with Crippen molar-refractivity contribution in [2.75, 3.05) is 5.32 Å². The van der Waals surface area contributed by atoms with E-state index in [1.54, 1.807) is 11.3 Å². The van der Waals surface area contributed by atoms with E-state index >= 15 is 0 Å². The summed E-state index contributed by atoms with van der Waals surface area (Å²) in [7, 11) is 0. The van der Waals surface area contributed by atoms with Gasteiger partial charge in [-0.3, -0.25) is 4.79 Å². The van der Waals surface area contributed by atoms with Crippen LogP contribution in [0.5, 0.6) is 0 Å². The molecule has 1 atom stereocenters. The molecule has 3 rings (SSSR count). The van der Waals surface area contributed by atoms with Crippen LogP contribution < -0.4 is 5.32 Å². The summed E-state index contributed by atoms with van der Waals surface area (Å²) in [5.74, 6) is -0.233. The fraction of sp³-hybridized carbons (Fsp3) is 0.125. The average Bonchev–Trinajstić information content (AvgIpc) is 2.86. The van der Waals surface area contributed by atoms with Crippen molar-refractivity contribution in [3.63, 3.8) is 0 Å². The predicted molar refractivity (Wildman–Crippen MR) is 88.0 cm³/mol. The van der Waals surface area contributed by atoms with Gasteiger partial charge in [0.25, 0.3) is 0 Å². The van der Waals surface area contributed by atoms with Gasteiger partial charge in [0.15, 0.2) is 0 Å². The van der Waals surface area contributed by atoms with Crippen molar-refractivity contribution in [1.82, 2.24) is 4.98 Å². The highest BCUT2D eigenvalue weighted by Gasteiger charge is 2.17. The lowest BCUT2D eigenvalue weighted by molar-refractivity contribution is -0.116. The zero-order valence-electron chi connectivity index (χ0n) is 11.3. The second-order valence-corrected chi connectivity index (χ2v) is 6.35. The van der Waals surface area contributed by atoms with Crippen molar-refractivity contribution in [2.45, 2.75) is 12.3 Å². The Bertz CT molecular complexity index is 785. The van der Waals surface area contributed by atoms with Gasteiger partial charge in [0, 0.05) is 5.69 Å². The van der Waals surface area contributed by atoms with Gasteiger partial charge in [0.2, 0.25) is 5.91 Å². The average molecular weight is 317 g/mol. The molecule has 1 aromatic heterocycles. The molecule has 3 aromatic rings. The van der Waals surface area contributed by atoms with Crippen LogP contribution in [0.2, 0.25) is 0 Å². The molecule has 1 amide bonds. The number of halogens is 1. The summed E-state index contributed by atoms with van der Waals surface area (Å²) in [4.78, 5) is 16.6. The van der Waals surface area contributed by atoms with E-state index in [0.717, 1.165) is 26.5 Å². The van der Waals surface area contributed by atoms with E-state index in [1.165, 1.54) is 0 Å². The minimum absolute atomic E-state index is 0.233. The summed E-state index contributed by atoms with van der Waals surface area (Å²) in [6, 6.07) is 15.0. The zero-order valence-corrected chi connectivity index (χ0v) is 12.9. The molecule has 0 saturated heterocycles. The Morgan fingerprint density at radius 1 is 1.24 bits per heavy atom. The van der Waals surface area contributed by atoms with E-state index in [-0.39, 0.29) is 5.91 Å². The number of alkyl halides is 1. The molecule has 0 aliphatic rings. The maximum atomic E-state index is 12.2. The van der Waals surface area contributed by atoms with E-state index in [2.05, 4.69) is 10.3 Å². The zero-order chi connectivity index (χ0) is 14.8. The number of nitrogens with one attached hydrogen (secondary N) is 1. The van der Waals surface area contributed by atoms with Gasteiger partial charge in [-0.2, -0.15) is 0 Å². The molecule has 0 spiro atoms. The Morgan fingerprint density at radius 3 is 2.76 bits per heavy atom. The minimum Gasteiger partial charge on any atom is -0.324 e. The van der Waals surface area contributed by atoms with Crippen LogP contribution in [0, 0.1) is 6.92 Å². The molecule has 1 N–H and O–H groups in total. The molecular formula is C16H13ClN2OS. The fourth-order valence-electron chi connectivity index (χ4n) is 2.10. The van der Waals surface area contributed by atoms with Gasteiger partial charge in [0.05, 0.1) is 15.2 Å². The molecule has 5 heteroatoms. The van der Waals surface area contributed by atoms with Crippen molar-refractivity contribution in [1.29, 1.82) is 0 Å². The van der Waals surface area contributed by atoms with Crippen LogP contribution in [-0.4, -0.2) is 10.9 Å². The SMILES string of the molecule is Cc1nc2ccc(NC(=O)C(Cl)c3ccccc3)cc2s1. The second kappa shape index (κ2) is 5.84. The number of hydrogen-bond donors (Lipinski definition) is 1. The number of rotatable bonds is 3. The Morgan fingerprint density at radius 2 is 2.00 bits per heavy atom. The number of anilines is 1. The topological polar surface area (TPSA) is 42.0 Å². The lowest BCUT2D eigenvalue weighted by atomic mass is 10.1. The van der Waals surface area contributed by atoms with E-state index in [1.807, 2.05) is 55.5 Å². The molecule has 0 saturated carbocycles. The number of fused-ring (bicyclic) bond motifs is 1. The summed E-state index contributed by atoms with van der Waals surface area (Å²) in [6.45, 7) is 1.97. The molecule has 106 valence electrons. The first-order valence-corrected chi connectivity index (χ1v) is 7.76. The van der Waals surface area contributed by atoms with E-state index in [4.69, 9.17) is 11.6 Å². The third-order valence-electron chi connectivity index (χ3n) is 3.09. The van der Waals surface area contributed by atoms with Crippen molar-refractivity contribution < 1.29 is 4.79 Å². The van der Waals surface area contributed by atoms with Crippen LogP contribution in [0.15, 0.2) is 48.5 Å². The van der Waals surface area contributed by atoms with E-state index in [9.17, 15) is 4.79 Å². The number of carbonyl (C=O) groups excluding carboxylic acids is 1. The number of amides is 1. The smallest absolute Gasteiger partial charge is 0.246 e. The quantitative estimate of drug-likeness (QED) is 0.722. The van der Waals surface area contributed by atoms with Crippen LogP contribution in [0.25, 0.3) is 10.2 Å². The first-order chi connectivity index (χ1) is 10.1. The maximum Gasteiger partial charge on any atom is 0.246 e. The Kier molecular flexibility index (Phi) is 3.90. The molecule has 21 heavy (non-hydrogen) atoms. The summed E-state index contributed by atoms with van der Waals surface area (Å²) >= 11 is 7.81. The lowest BCUT2D eigenvalue weighted by Gasteiger charge is -2.10. The highest BCUT2D eigenvalue weighted by atomic mass is 35.5. The molecule has 0 radical (unpaired) electrons. The normalized spacial score (nSPS) is 12.3. The molecule has 0 bridgehead atoms. The Balaban J connectivity index is 1.79. The van der Waals surface area contributed by atoms with Gasteiger partial charge >= 0.3 is 0 Å². The number of aromatic nitrogens is 1. The van der Waals surface area contributed by atoms with Crippen LogP contribution in [0.4, 0.5) is 5.69 Å². The number of carbonyl (C=O) groups is 1. The number of benzene rings is 2. The van der Waals surface area contributed by atoms with Gasteiger partial charge in [-0.1, -0.05) is 30.3 Å². The molecule has 3 nitrogen and oxygen atoms in total. The van der Waals surface area contributed by atoms with Crippen LogP contribution >= 0.6 is 22.9 Å². The summed E-state index contributed by atoms with van der Waals surface area (Å²) < 4.78 is 1.05. The first-order valence-electron chi connectivity index (χ1n) is 6.50. The highest BCUT2D eigenvalue weighted by molar-refractivity contribution is 7.18. The summed E-state index contributed by atoms with van der Waals surface area (Å²) in [5.41, 5.74) is 2.46.